The van der Waals surface area contributed by atoms with Gasteiger partial charge in [0.1, 0.15) is 0 Å². The van der Waals surface area contributed by atoms with Crippen molar-refractivity contribution in [3.63, 3.8) is 0 Å². The molecule has 108 valence electrons. The Labute approximate surface area is 153 Å². The Hall–Kier alpha value is 0.160. The van der Waals surface area contributed by atoms with Gasteiger partial charge in [-0.05, 0) is 24.3 Å². The Balaban J connectivity index is 0.000000200. The molecule has 0 amide bonds. The Morgan fingerprint density at radius 1 is 0.600 bits per heavy atom. The lowest BCUT2D eigenvalue weighted by Gasteiger charge is -2.00. The Morgan fingerprint density at radius 3 is 1.00 bits per heavy atom. The van der Waals surface area contributed by atoms with E-state index >= 15 is 0 Å². The van der Waals surface area contributed by atoms with Crippen LogP contribution in [-0.4, -0.2) is 0 Å². The van der Waals surface area contributed by atoms with E-state index in [9.17, 15) is 0 Å². The Morgan fingerprint density at radius 2 is 0.800 bits per heavy atom. The molecular formula is C12H8Br2Cl4N2. The van der Waals surface area contributed by atoms with Crippen molar-refractivity contribution in [1.82, 2.24) is 0 Å². The second-order valence-corrected chi connectivity index (χ2v) is 7.03. The predicted octanol–water partition coefficient (Wildman–Crippen LogP) is 6.68. The maximum atomic E-state index is 5.68. The number of halogens is 6. The molecule has 20 heavy (non-hydrogen) atoms. The van der Waals surface area contributed by atoms with Crippen molar-refractivity contribution >= 4 is 89.6 Å². The van der Waals surface area contributed by atoms with Gasteiger partial charge in [0.25, 0.3) is 0 Å². The van der Waals surface area contributed by atoms with Gasteiger partial charge in [0.15, 0.2) is 0 Å². The highest BCUT2D eigenvalue weighted by atomic mass is 79.9. The highest BCUT2D eigenvalue weighted by molar-refractivity contribution is 9.10. The molecule has 0 heterocycles. The third kappa shape index (κ3) is 5.17. The van der Waals surface area contributed by atoms with Gasteiger partial charge in [-0.3, -0.25) is 0 Å². The molecular weight excluding hydrogens is 474 g/mol. The number of nitrogen functional groups attached to an aromatic ring is 2. The van der Waals surface area contributed by atoms with E-state index in [0.717, 1.165) is 8.95 Å². The van der Waals surface area contributed by atoms with Gasteiger partial charge in [-0.15, -0.1) is 0 Å². The van der Waals surface area contributed by atoms with Gasteiger partial charge in [0.2, 0.25) is 0 Å². The molecule has 0 spiro atoms. The second kappa shape index (κ2) is 7.97. The number of benzene rings is 2. The van der Waals surface area contributed by atoms with E-state index in [1.165, 1.54) is 0 Å². The third-order valence-electron chi connectivity index (χ3n) is 2.09. The van der Waals surface area contributed by atoms with E-state index in [2.05, 4.69) is 31.9 Å². The van der Waals surface area contributed by atoms with Crippen molar-refractivity contribution in [2.45, 2.75) is 0 Å². The van der Waals surface area contributed by atoms with Crippen LogP contribution in [0.4, 0.5) is 11.4 Å². The lowest BCUT2D eigenvalue weighted by Crippen LogP contribution is -1.86. The average Bonchev–Trinajstić information content (AvgIpc) is 2.33. The summed E-state index contributed by atoms with van der Waals surface area (Å²) in [4.78, 5) is 0. The minimum Gasteiger partial charge on any atom is -0.396 e. The molecule has 0 unspecified atom stereocenters. The summed E-state index contributed by atoms with van der Waals surface area (Å²) < 4.78 is 1.66. The summed E-state index contributed by atoms with van der Waals surface area (Å²) in [6.07, 6.45) is 0. The van der Waals surface area contributed by atoms with E-state index in [4.69, 9.17) is 57.9 Å². The molecule has 2 aromatic carbocycles. The van der Waals surface area contributed by atoms with E-state index < -0.39 is 0 Å². The maximum Gasteiger partial charge on any atom is 0.0693 e. The summed E-state index contributed by atoms with van der Waals surface area (Å²) >= 11 is 29.2. The summed E-state index contributed by atoms with van der Waals surface area (Å²) in [5, 5.41) is 1.89. The van der Waals surface area contributed by atoms with Crippen LogP contribution in [0.25, 0.3) is 0 Å². The van der Waals surface area contributed by atoms with Crippen LogP contribution in [0.2, 0.25) is 20.1 Å². The zero-order chi connectivity index (χ0) is 15.4. The quantitative estimate of drug-likeness (QED) is 0.413. The fourth-order valence-electron chi connectivity index (χ4n) is 1.11. The fraction of sp³-hybridized carbons (Fsp3) is 0. The van der Waals surface area contributed by atoms with Crippen molar-refractivity contribution in [2.75, 3.05) is 11.5 Å². The number of hydrogen-bond donors (Lipinski definition) is 2. The first-order chi connectivity index (χ1) is 9.22. The molecule has 0 aliphatic carbocycles. The monoisotopic (exact) mass is 478 g/mol. The number of rotatable bonds is 0. The van der Waals surface area contributed by atoms with Crippen molar-refractivity contribution in [2.24, 2.45) is 0 Å². The summed E-state index contributed by atoms with van der Waals surface area (Å²) in [5.74, 6) is 0. The topological polar surface area (TPSA) is 52.0 Å². The second-order valence-electron chi connectivity index (χ2n) is 3.57. The lowest BCUT2D eigenvalue weighted by molar-refractivity contribution is 1.63. The first kappa shape index (κ1) is 18.2. The van der Waals surface area contributed by atoms with Gasteiger partial charge in [0, 0.05) is 8.95 Å². The molecule has 2 rings (SSSR count). The summed E-state index contributed by atoms with van der Waals surface area (Å²) in [6.45, 7) is 0. The van der Waals surface area contributed by atoms with E-state index in [-0.39, 0.29) is 0 Å². The molecule has 0 atom stereocenters. The molecule has 0 saturated heterocycles. The van der Waals surface area contributed by atoms with Crippen LogP contribution in [0.15, 0.2) is 33.2 Å². The molecule has 0 aromatic heterocycles. The lowest BCUT2D eigenvalue weighted by atomic mass is 10.3. The van der Waals surface area contributed by atoms with Gasteiger partial charge in [0.05, 0.1) is 31.5 Å². The van der Waals surface area contributed by atoms with Crippen LogP contribution in [0.3, 0.4) is 0 Å². The minimum absolute atomic E-state index is 0.423. The molecule has 2 nitrogen and oxygen atoms in total. The average molecular weight is 482 g/mol. The van der Waals surface area contributed by atoms with E-state index in [1.807, 2.05) is 0 Å². The van der Waals surface area contributed by atoms with Crippen molar-refractivity contribution in [3.8, 4) is 0 Å². The first-order valence-electron chi connectivity index (χ1n) is 5.02. The Kier molecular flexibility index (Phi) is 7.25. The fourth-order valence-corrected chi connectivity index (χ4v) is 3.52. The highest BCUT2D eigenvalue weighted by Crippen LogP contribution is 2.31. The van der Waals surface area contributed by atoms with Crippen LogP contribution in [0, 0.1) is 0 Å². The minimum atomic E-state index is 0.423. The Bertz CT molecular complexity index is 533. The van der Waals surface area contributed by atoms with Crippen LogP contribution in [-0.2, 0) is 0 Å². The third-order valence-corrected chi connectivity index (χ3v) is 4.25. The summed E-state index contributed by atoms with van der Waals surface area (Å²) in [5.41, 5.74) is 11.8. The first-order valence-corrected chi connectivity index (χ1v) is 8.12. The van der Waals surface area contributed by atoms with Gasteiger partial charge < -0.3 is 11.5 Å². The predicted molar refractivity (Wildman–Crippen MR) is 97.1 cm³/mol. The highest BCUT2D eigenvalue weighted by Gasteiger charge is 2.02. The standard InChI is InChI=1S/2C6H4BrCl2N/c2*7-3-1-4(8)6(10)5(9)2-3/h2*1-2H,10H2. The molecule has 2 aromatic rings. The summed E-state index contributed by atoms with van der Waals surface area (Å²) in [7, 11) is 0. The van der Waals surface area contributed by atoms with Crippen molar-refractivity contribution < 1.29 is 0 Å². The van der Waals surface area contributed by atoms with Crippen LogP contribution in [0.1, 0.15) is 0 Å². The number of anilines is 2. The van der Waals surface area contributed by atoms with E-state index in [0.29, 0.717) is 31.5 Å². The molecule has 0 radical (unpaired) electrons. The van der Waals surface area contributed by atoms with Crippen molar-refractivity contribution in [3.05, 3.63) is 53.3 Å². The smallest absolute Gasteiger partial charge is 0.0693 e. The molecule has 0 saturated carbocycles. The van der Waals surface area contributed by atoms with Gasteiger partial charge >= 0.3 is 0 Å². The molecule has 0 fully saturated rings. The maximum absolute atomic E-state index is 5.68. The van der Waals surface area contributed by atoms with Gasteiger partial charge in [-0.2, -0.15) is 0 Å². The number of hydrogen-bond acceptors (Lipinski definition) is 2. The van der Waals surface area contributed by atoms with Crippen LogP contribution < -0.4 is 11.5 Å². The number of nitrogens with two attached hydrogens (primary N) is 2. The SMILES string of the molecule is Nc1c(Cl)cc(Br)cc1Cl.Nc1c(Cl)cc(Br)cc1Cl. The van der Waals surface area contributed by atoms with E-state index in [1.54, 1.807) is 24.3 Å². The van der Waals surface area contributed by atoms with Gasteiger partial charge in [-0.1, -0.05) is 78.3 Å². The zero-order valence-electron chi connectivity index (χ0n) is 9.73. The summed E-state index contributed by atoms with van der Waals surface area (Å²) in [6, 6.07) is 6.79. The largest absolute Gasteiger partial charge is 0.396 e. The van der Waals surface area contributed by atoms with Crippen LogP contribution >= 0.6 is 78.3 Å². The molecule has 0 aliphatic heterocycles. The van der Waals surface area contributed by atoms with Crippen molar-refractivity contribution in [1.29, 1.82) is 0 Å². The zero-order valence-corrected chi connectivity index (χ0v) is 15.9. The molecule has 0 bridgehead atoms. The van der Waals surface area contributed by atoms with Crippen LogP contribution in [0.5, 0.6) is 0 Å². The molecule has 8 heteroatoms. The van der Waals surface area contributed by atoms with Gasteiger partial charge in [-0.25, -0.2) is 0 Å². The molecule has 4 N–H and O–H groups in total. The normalized spacial score (nSPS) is 9.90. The molecule has 0 aliphatic rings.